The molecule has 0 unspecified atom stereocenters. The molecule has 0 fully saturated rings. The minimum Gasteiger partial charge on any atom is 2.00 e. The zero-order valence-electron chi connectivity index (χ0n) is 2.89. The van der Waals surface area contributed by atoms with Crippen LogP contribution in [0.1, 0.15) is 0 Å². The standard InChI is InChI=1S/Mn.3O.Sr.Y/q;;2*-1;+2;+3. The third-order valence-corrected chi connectivity index (χ3v) is 0. The summed E-state index contributed by atoms with van der Waals surface area (Å²) in [6.07, 6.45) is 0. The summed E-state index contributed by atoms with van der Waals surface area (Å²) in [5.41, 5.74) is 0. The fraction of sp³-hybridized carbons (Fsp3) is 0. The van der Waals surface area contributed by atoms with Crippen LogP contribution in [0.2, 0.25) is 0 Å². The van der Waals surface area contributed by atoms with Crippen molar-refractivity contribution in [2.75, 3.05) is 0 Å². The van der Waals surface area contributed by atoms with Gasteiger partial charge in [0.05, 0.1) is 0 Å². The Morgan fingerprint density at radius 1 is 1.33 bits per heavy atom. The molecule has 0 radical (unpaired) electrons. The monoisotopic (exact) mass is 280 g/mol. The SMILES string of the molecule is [O]=[Mn]([O-])[O-].[Sr+2].[Y+3]. The van der Waals surface area contributed by atoms with Crippen LogP contribution in [0.4, 0.5) is 0 Å². The van der Waals surface area contributed by atoms with Crippen LogP contribution in [0.15, 0.2) is 0 Å². The van der Waals surface area contributed by atoms with Gasteiger partial charge < -0.3 is 0 Å². The third kappa shape index (κ3) is 29.0. The van der Waals surface area contributed by atoms with E-state index < -0.39 is 14.5 Å². The molecule has 0 aliphatic heterocycles. The molecule has 0 bridgehead atoms. The van der Waals surface area contributed by atoms with E-state index in [1.54, 1.807) is 0 Å². The van der Waals surface area contributed by atoms with E-state index >= 15 is 0 Å². The average molecular weight is 279 g/mol. The molecule has 0 spiro atoms. The van der Waals surface area contributed by atoms with Crippen LogP contribution in [0.5, 0.6) is 0 Å². The van der Waals surface area contributed by atoms with Crippen molar-refractivity contribution < 1.29 is 59.4 Å². The summed E-state index contributed by atoms with van der Waals surface area (Å²) in [5, 5.41) is 0. The van der Waals surface area contributed by atoms with Crippen LogP contribution in [-0.4, -0.2) is 45.5 Å². The van der Waals surface area contributed by atoms with Gasteiger partial charge in [0.15, 0.2) is 0 Å². The Hall–Kier alpha value is 2.82. The van der Waals surface area contributed by atoms with Crippen LogP contribution in [0.25, 0.3) is 0 Å². The fourth-order valence-corrected chi connectivity index (χ4v) is 0. The van der Waals surface area contributed by atoms with E-state index in [2.05, 4.69) is 0 Å². The minimum atomic E-state index is -3.65. The molecule has 0 aliphatic rings. The molecule has 0 N–H and O–H groups in total. The predicted molar refractivity (Wildman–Crippen MR) is 6.44 cm³/mol. The topological polar surface area (TPSA) is 63.2 Å². The molecule has 0 atom stereocenters. The Balaban J connectivity index is -0.0000000450. The molecule has 0 aromatic heterocycles. The van der Waals surface area contributed by atoms with Gasteiger partial charge in [-0.15, -0.1) is 0 Å². The molecule has 0 aromatic carbocycles. The van der Waals surface area contributed by atoms with Crippen LogP contribution < -0.4 is 8.38 Å². The quantitative estimate of drug-likeness (QED) is 0.448. The maximum Gasteiger partial charge on any atom is 3.00 e. The zero-order valence-corrected chi connectivity index (χ0v) is 10.4. The van der Waals surface area contributed by atoms with E-state index in [9.17, 15) is 0 Å². The summed E-state index contributed by atoms with van der Waals surface area (Å²) in [4.78, 5) is 0. The van der Waals surface area contributed by atoms with Gasteiger partial charge in [-0.3, -0.25) is 0 Å². The number of hydrogen-bond donors (Lipinski definition) is 0. The van der Waals surface area contributed by atoms with Crippen LogP contribution in [0.3, 0.4) is 0 Å². The Morgan fingerprint density at radius 3 is 1.33 bits per heavy atom. The second-order valence-corrected chi connectivity index (χ2v) is 0.779. The first-order valence-corrected chi connectivity index (χ1v) is 1.91. The second-order valence-electron chi connectivity index (χ2n) is 0.189. The molecule has 27 valence electrons. The molecular weight excluding hydrogens is 279 g/mol. The molecule has 0 saturated heterocycles. The van der Waals surface area contributed by atoms with Crippen molar-refractivity contribution >= 4 is 45.5 Å². The van der Waals surface area contributed by atoms with Crippen LogP contribution in [-0.2, 0) is 51.0 Å². The van der Waals surface area contributed by atoms with Gasteiger partial charge >= 0.3 is 105 Å². The Labute approximate surface area is 102 Å². The van der Waals surface area contributed by atoms with Gasteiger partial charge in [-0.1, -0.05) is 0 Å². The summed E-state index contributed by atoms with van der Waals surface area (Å²) in [6, 6.07) is 0. The predicted octanol–water partition coefficient (Wildman–Crippen LogP) is -2.88. The Bertz CT molecular complexity index is 33.8. The van der Waals surface area contributed by atoms with E-state index in [0.29, 0.717) is 0 Å². The van der Waals surface area contributed by atoms with Gasteiger partial charge in [-0.25, -0.2) is 0 Å². The van der Waals surface area contributed by atoms with Crippen molar-refractivity contribution in [3.8, 4) is 0 Å². The van der Waals surface area contributed by atoms with Crippen molar-refractivity contribution in [2.45, 2.75) is 0 Å². The Kier molecular flexibility index (Phi) is 28.5. The van der Waals surface area contributed by atoms with Crippen molar-refractivity contribution in [3.05, 3.63) is 0 Å². The molecule has 0 aliphatic carbocycles. The second kappa shape index (κ2) is 10.7. The first-order valence-electron chi connectivity index (χ1n) is 0.463. The summed E-state index contributed by atoms with van der Waals surface area (Å²) >= 11 is -3.65. The van der Waals surface area contributed by atoms with Gasteiger partial charge in [0.25, 0.3) is 0 Å². The summed E-state index contributed by atoms with van der Waals surface area (Å²) in [5.74, 6) is 0. The largest absolute Gasteiger partial charge is 3.00 e. The van der Waals surface area contributed by atoms with E-state index in [4.69, 9.17) is 12.2 Å². The van der Waals surface area contributed by atoms with Gasteiger partial charge in [0.1, 0.15) is 0 Å². The maximum absolute atomic E-state index is 8.52. The third-order valence-electron chi connectivity index (χ3n) is 0. The van der Waals surface area contributed by atoms with Crippen molar-refractivity contribution in [1.82, 2.24) is 0 Å². The zero-order chi connectivity index (χ0) is 3.58. The normalized spacial score (nSPS) is 5.83. The smallest absolute Gasteiger partial charge is 2.00 e. The van der Waals surface area contributed by atoms with Crippen LogP contribution in [0, 0.1) is 0 Å². The molecule has 6 heteroatoms. The van der Waals surface area contributed by atoms with Gasteiger partial charge in [-0.05, 0) is 0 Å². The molecule has 0 heterocycles. The summed E-state index contributed by atoms with van der Waals surface area (Å²) in [6.45, 7) is 0. The van der Waals surface area contributed by atoms with Gasteiger partial charge in [0, 0.05) is 0 Å². The fourth-order valence-electron chi connectivity index (χ4n) is 0. The van der Waals surface area contributed by atoms with E-state index in [1.807, 2.05) is 0 Å². The average Bonchev–Trinajstić information content (AvgIpc) is 0.811. The summed E-state index contributed by atoms with van der Waals surface area (Å²) < 4.78 is 25.6. The van der Waals surface area contributed by atoms with Crippen molar-refractivity contribution in [3.63, 3.8) is 0 Å². The molecule has 6 heavy (non-hydrogen) atoms. The minimum absolute atomic E-state index is 0. The molecule has 3 nitrogen and oxygen atoms in total. The summed E-state index contributed by atoms with van der Waals surface area (Å²) in [7, 11) is 0. The molecule has 0 rings (SSSR count). The molecular formula is MnO3SrY+3. The van der Waals surface area contributed by atoms with E-state index in [0.717, 1.165) is 0 Å². The maximum atomic E-state index is 8.52. The Morgan fingerprint density at radius 2 is 1.33 bits per heavy atom. The number of rotatable bonds is 0. The van der Waals surface area contributed by atoms with Crippen molar-refractivity contribution in [1.29, 1.82) is 0 Å². The van der Waals surface area contributed by atoms with Gasteiger partial charge in [0.2, 0.25) is 0 Å². The van der Waals surface area contributed by atoms with E-state index in [-0.39, 0.29) is 78.2 Å². The molecule has 0 aromatic rings. The van der Waals surface area contributed by atoms with E-state index in [1.165, 1.54) is 0 Å². The number of hydrogen-bond acceptors (Lipinski definition) is 3. The van der Waals surface area contributed by atoms with Crippen LogP contribution >= 0.6 is 0 Å². The van der Waals surface area contributed by atoms with Crippen molar-refractivity contribution in [2.24, 2.45) is 0 Å². The first kappa shape index (κ1) is 15.9. The first-order chi connectivity index (χ1) is 1.73. The molecule has 0 amide bonds. The van der Waals surface area contributed by atoms with Gasteiger partial charge in [-0.2, -0.15) is 0 Å². The molecule has 0 saturated carbocycles.